The Bertz CT molecular complexity index is 705. The number of anilines is 1. The Hall–Kier alpha value is -3.10. The molecule has 1 aliphatic rings. The van der Waals surface area contributed by atoms with Crippen LogP contribution in [0.5, 0.6) is 5.75 Å². The summed E-state index contributed by atoms with van der Waals surface area (Å²) in [4.78, 5) is 49.4. The van der Waals surface area contributed by atoms with Gasteiger partial charge in [0, 0.05) is 13.0 Å². The molecule has 0 bridgehead atoms. The van der Waals surface area contributed by atoms with E-state index < -0.39 is 29.9 Å². The Balaban J connectivity index is 2.26. The highest BCUT2D eigenvalue weighted by molar-refractivity contribution is 6.23. The first-order chi connectivity index (χ1) is 11.9. The summed E-state index contributed by atoms with van der Waals surface area (Å²) < 4.78 is 9.81. The quantitative estimate of drug-likeness (QED) is 0.638. The van der Waals surface area contributed by atoms with E-state index in [0.29, 0.717) is 11.4 Å². The van der Waals surface area contributed by atoms with Gasteiger partial charge in [0.15, 0.2) is 0 Å². The number of nitrogens with one attached hydrogen (secondary N) is 1. The normalized spacial score (nSPS) is 16.6. The summed E-state index contributed by atoms with van der Waals surface area (Å²) in [6.45, 7) is 2.88. The maximum Gasteiger partial charge on any atom is 0.426 e. The molecule has 2 rings (SSSR count). The Morgan fingerprint density at radius 2 is 2.08 bits per heavy atom. The molecule has 9 heteroatoms. The minimum absolute atomic E-state index is 0.102. The second kappa shape index (κ2) is 7.65. The minimum atomic E-state index is -1.14. The van der Waals surface area contributed by atoms with Gasteiger partial charge in [-0.1, -0.05) is 6.07 Å². The van der Waals surface area contributed by atoms with Gasteiger partial charge in [-0.05, 0) is 19.1 Å². The predicted molar refractivity (Wildman–Crippen MR) is 86.6 cm³/mol. The Morgan fingerprint density at radius 1 is 1.36 bits per heavy atom. The number of ether oxygens (including phenoxy) is 2. The number of rotatable bonds is 4. The molecule has 1 fully saturated rings. The van der Waals surface area contributed by atoms with Gasteiger partial charge >= 0.3 is 6.09 Å². The number of hydrogen-bond acceptors (Lipinski definition) is 6. The first-order valence-electron chi connectivity index (χ1n) is 7.63. The van der Waals surface area contributed by atoms with Crippen LogP contribution in [0.2, 0.25) is 0 Å². The van der Waals surface area contributed by atoms with Gasteiger partial charge in [-0.15, -0.1) is 0 Å². The second-order valence-corrected chi connectivity index (χ2v) is 5.21. The van der Waals surface area contributed by atoms with E-state index in [0.717, 1.165) is 9.91 Å². The summed E-state index contributed by atoms with van der Waals surface area (Å²) in [6.07, 6.45) is -1.13. The average molecular weight is 349 g/mol. The number of carbonyl (C=O) groups excluding carboxylic acids is 4. The molecular formula is C16H19N3O6. The fourth-order valence-corrected chi connectivity index (χ4v) is 2.48. The van der Waals surface area contributed by atoms with Crippen LogP contribution < -0.4 is 15.1 Å². The average Bonchev–Trinajstić information content (AvgIpc) is 2.87. The van der Waals surface area contributed by atoms with Gasteiger partial charge in [-0.3, -0.25) is 14.4 Å². The molecule has 1 unspecified atom stereocenters. The van der Waals surface area contributed by atoms with Crippen molar-refractivity contribution >= 4 is 29.5 Å². The van der Waals surface area contributed by atoms with E-state index in [1.807, 2.05) is 0 Å². The van der Waals surface area contributed by atoms with Gasteiger partial charge in [-0.2, -0.15) is 0 Å². The van der Waals surface area contributed by atoms with Crippen molar-refractivity contribution < 1.29 is 28.7 Å². The molecular weight excluding hydrogens is 330 g/mol. The van der Waals surface area contributed by atoms with Crippen molar-refractivity contribution in [2.24, 2.45) is 0 Å². The molecule has 9 nitrogen and oxygen atoms in total. The molecule has 134 valence electrons. The lowest BCUT2D eigenvalue weighted by molar-refractivity contribution is -0.139. The molecule has 1 aromatic rings. The number of methoxy groups -OCH3 is 1. The van der Waals surface area contributed by atoms with Crippen LogP contribution in [-0.2, 0) is 19.1 Å². The lowest BCUT2D eigenvalue weighted by atomic mass is 10.2. The van der Waals surface area contributed by atoms with Crippen LogP contribution in [-0.4, -0.2) is 48.6 Å². The van der Waals surface area contributed by atoms with Crippen molar-refractivity contribution in [2.45, 2.75) is 26.3 Å². The third-order valence-corrected chi connectivity index (χ3v) is 3.57. The molecule has 1 N–H and O–H groups in total. The smallest absolute Gasteiger partial charge is 0.426 e. The van der Waals surface area contributed by atoms with Crippen LogP contribution in [0.25, 0.3) is 0 Å². The fourth-order valence-electron chi connectivity index (χ4n) is 2.48. The van der Waals surface area contributed by atoms with E-state index in [-0.39, 0.29) is 13.0 Å². The highest BCUT2D eigenvalue weighted by atomic mass is 16.6. The van der Waals surface area contributed by atoms with Crippen molar-refractivity contribution in [1.29, 1.82) is 0 Å². The zero-order valence-electron chi connectivity index (χ0n) is 14.1. The maximum atomic E-state index is 12.7. The molecule has 0 aromatic heterocycles. The van der Waals surface area contributed by atoms with Crippen molar-refractivity contribution in [1.82, 2.24) is 10.4 Å². The van der Waals surface area contributed by atoms with E-state index in [2.05, 4.69) is 5.43 Å². The molecule has 4 amide bonds. The van der Waals surface area contributed by atoms with Gasteiger partial charge in [0.25, 0.3) is 5.91 Å². The topological polar surface area (TPSA) is 105 Å². The number of amides is 4. The number of hydrogen-bond donors (Lipinski definition) is 1. The summed E-state index contributed by atoms with van der Waals surface area (Å²) in [5.74, 6) is -1.22. The highest BCUT2D eigenvalue weighted by Gasteiger charge is 2.44. The molecule has 1 atom stereocenters. The van der Waals surface area contributed by atoms with E-state index in [1.165, 1.54) is 20.1 Å². The lowest BCUT2D eigenvalue weighted by Crippen LogP contribution is -2.54. The van der Waals surface area contributed by atoms with Gasteiger partial charge < -0.3 is 9.47 Å². The van der Waals surface area contributed by atoms with Gasteiger partial charge in [0.05, 0.1) is 25.8 Å². The molecule has 1 saturated heterocycles. The van der Waals surface area contributed by atoms with E-state index in [4.69, 9.17) is 9.47 Å². The van der Waals surface area contributed by atoms with Crippen LogP contribution in [0.3, 0.4) is 0 Å². The summed E-state index contributed by atoms with van der Waals surface area (Å²) >= 11 is 0. The number of hydrazine groups is 1. The minimum Gasteiger partial charge on any atom is -0.497 e. The summed E-state index contributed by atoms with van der Waals surface area (Å²) in [5.41, 5.74) is 2.53. The van der Waals surface area contributed by atoms with Gasteiger partial charge in [-0.25, -0.2) is 20.1 Å². The van der Waals surface area contributed by atoms with E-state index in [9.17, 15) is 19.2 Å². The molecule has 1 aromatic carbocycles. The first-order valence-corrected chi connectivity index (χ1v) is 7.63. The monoisotopic (exact) mass is 349 g/mol. The van der Waals surface area contributed by atoms with Crippen LogP contribution in [0.15, 0.2) is 24.3 Å². The third kappa shape index (κ3) is 3.87. The molecule has 0 spiro atoms. The van der Waals surface area contributed by atoms with Gasteiger partial charge in [0.1, 0.15) is 11.8 Å². The summed E-state index contributed by atoms with van der Waals surface area (Å²) in [7, 11) is 1.47. The highest BCUT2D eigenvalue weighted by Crippen LogP contribution is 2.28. The Labute approximate surface area is 144 Å². The van der Waals surface area contributed by atoms with Crippen molar-refractivity contribution in [2.75, 3.05) is 18.6 Å². The number of nitrogens with zero attached hydrogens (tertiary/aromatic N) is 2. The van der Waals surface area contributed by atoms with Crippen molar-refractivity contribution in [3.63, 3.8) is 0 Å². The van der Waals surface area contributed by atoms with Gasteiger partial charge in [0.2, 0.25) is 11.8 Å². The number of imide groups is 1. The Kier molecular flexibility index (Phi) is 5.58. The number of benzene rings is 1. The molecule has 0 saturated carbocycles. The van der Waals surface area contributed by atoms with Crippen LogP contribution >= 0.6 is 0 Å². The van der Waals surface area contributed by atoms with Crippen molar-refractivity contribution in [3.8, 4) is 5.75 Å². The zero-order chi connectivity index (χ0) is 18.6. The molecule has 0 aliphatic carbocycles. The first kappa shape index (κ1) is 18.2. The molecule has 1 heterocycles. The van der Waals surface area contributed by atoms with Crippen LogP contribution in [0.1, 0.15) is 20.3 Å². The molecule has 25 heavy (non-hydrogen) atoms. The zero-order valence-corrected chi connectivity index (χ0v) is 14.1. The van der Waals surface area contributed by atoms with Crippen LogP contribution in [0, 0.1) is 0 Å². The maximum absolute atomic E-state index is 12.7. The summed E-state index contributed by atoms with van der Waals surface area (Å²) in [6, 6.07) is 5.30. The van der Waals surface area contributed by atoms with Crippen LogP contribution in [0.4, 0.5) is 10.5 Å². The SMILES string of the molecule is CCOC(=O)NN(C(C)=O)C1CC(=O)N(c2cccc(OC)c2)C1=O. The van der Waals surface area contributed by atoms with E-state index >= 15 is 0 Å². The largest absolute Gasteiger partial charge is 0.497 e. The standard InChI is InChI=1S/C16H19N3O6/c1-4-25-16(23)17-19(10(2)20)13-9-14(21)18(15(13)22)11-6-5-7-12(8-11)24-3/h5-8,13H,4,9H2,1-3H3,(H,17,23). The molecule has 1 aliphatic heterocycles. The second-order valence-electron chi connectivity index (χ2n) is 5.21. The lowest BCUT2D eigenvalue weighted by Gasteiger charge is -2.26. The number of carbonyl (C=O) groups is 4. The van der Waals surface area contributed by atoms with E-state index in [1.54, 1.807) is 25.1 Å². The third-order valence-electron chi connectivity index (χ3n) is 3.57. The van der Waals surface area contributed by atoms with Crippen molar-refractivity contribution in [3.05, 3.63) is 24.3 Å². The molecule has 0 radical (unpaired) electrons. The summed E-state index contributed by atoms with van der Waals surface area (Å²) in [5, 5.41) is 0.818. The fraction of sp³-hybridized carbons (Fsp3) is 0.375. The predicted octanol–water partition coefficient (Wildman–Crippen LogP) is 0.837. The Morgan fingerprint density at radius 3 is 2.68 bits per heavy atom.